The normalized spacial score (nSPS) is 22.5. The third-order valence-electron chi connectivity index (χ3n) is 4.25. The Morgan fingerprint density at radius 1 is 1.05 bits per heavy atom. The number of aromatic nitrogens is 1. The highest BCUT2D eigenvalue weighted by Gasteiger charge is 2.28. The Balaban J connectivity index is 1.51. The summed E-state index contributed by atoms with van der Waals surface area (Å²) in [6, 6.07) is 15.5. The van der Waals surface area contributed by atoms with Crippen LogP contribution in [-0.2, 0) is 13.1 Å². The van der Waals surface area contributed by atoms with E-state index >= 15 is 0 Å². The molecule has 0 spiro atoms. The summed E-state index contributed by atoms with van der Waals surface area (Å²) in [5, 5.41) is 3.69. The van der Waals surface area contributed by atoms with Crippen LogP contribution in [-0.4, -0.2) is 29.0 Å². The SMILES string of the molecule is C[C@H]1CN(Cc2ccccc2)C[C@H]1NCc1ccncc1. The molecule has 1 aliphatic rings. The Morgan fingerprint density at radius 2 is 1.81 bits per heavy atom. The molecule has 2 heterocycles. The first-order valence-corrected chi connectivity index (χ1v) is 7.70. The van der Waals surface area contributed by atoms with Crippen molar-refractivity contribution in [1.29, 1.82) is 0 Å². The van der Waals surface area contributed by atoms with Gasteiger partial charge in [0.15, 0.2) is 0 Å². The Bertz CT molecular complexity index is 541. The van der Waals surface area contributed by atoms with Crippen LogP contribution in [0.5, 0.6) is 0 Å². The van der Waals surface area contributed by atoms with Gasteiger partial charge in [0.2, 0.25) is 0 Å². The van der Waals surface area contributed by atoms with Crippen molar-refractivity contribution in [3.8, 4) is 0 Å². The van der Waals surface area contributed by atoms with Gasteiger partial charge in [-0.3, -0.25) is 9.88 Å². The Morgan fingerprint density at radius 3 is 2.57 bits per heavy atom. The minimum absolute atomic E-state index is 0.571. The fraction of sp³-hybridized carbons (Fsp3) is 0.389. The maximum atomic E-state index is 4.06. The molecule has 1 aliphatic heterocycles. The van der Waals surface area contributed by atoms with E-state index in [4.69, 9.17) is 0 Å². The second-order valence-electron chi connectivity index (χ2n) is 6.00. The highest BCUT2D eigenvalue weighted by atomic mass is 15.2. The van der Waals surface area contributed by atoms with E-state index in [-0.39, 0.29) is 0 Å². The van der Waals surface area contributed by atoms with Gasteiger partial charge in [-0.25, -0.2) is 0 Å². The maximum absolute atomic E-state index is 4.06. The lowest BCUT2D eigenvalue weighted by Gasteiger charge is -2.17. The molecule has 0 unspecified atom stereocenters. The third kappa shape index (κ3) is 3.90. The van der Waals surface area contributed by atoms with Gasteiger partial charge < -0.3 is 5.32 Å². The fourth-order valence-electron chi connectivity index (χ4n) is 3.05. The van der Waals surface area contributed by atoms with Crippen molar-refractivity contribution in [3.05, 3.63) is 66.0 Å². The molecule has 0 amide bonds. The van der Waals surface area contributed by atoms with Crippen molar-refractivity contribution in [2.75, 3.05) is 13.1 Å². The van der Waals surface area contributed by atoms with Gasteiger partial charge in [-0.15, -0.1) is 0 Å². The van der Waals surface area contributed by atoms with Crippen LogP contribution in [0.15, 0.2) is 54.9 Å². The largest absolute Gasteiger partial charge is 0.308 e. The van der Waals surface area contributed by atoms with E-state index in [1.807, 2.05) is 12.4 Å². The van der Waals surface area contributed by atoms with Gasteiger partial charge in [0.25, 0.3) is 0 Å². The van der Waals surface area contributed by atoms with Gasteiger partial charge in [-0.2, -0.15) is 0 Å². The van der Waals surface area contributed by atoms with Crippen molar-refractivity contribution >= 4 is 0 Å². The van der Waals surface area contributed by atoms with Crippen LogP contribution in [0, 0.1) is 5.92 Å². The van der Waals surface area contributed by atoms with E-state index in [9.17, 15) is 0 Å². The van der Waals surface area contributed by atoms with E-state index < -0.39 is 0 Å². The van der Waals surface area contributed by atoms with E-state index in [2.05, 4.69) is 64.6 Å². The summed E-state index contributed by atoms with van der Waals surface area (Å²) in [7, 11) is 0. The zero-order chi connectivity index (χ0) is 14.5. The zero-order valence-corrected chi connectivity index (χ0v) is 12.6. The molecule has 0 saturated carbocycles. The van der Waals surface area contributed by atoms with Crippen molar-refractivity contribution in [2.45, 2.75) is 26.1 Å². The third-order valence-corrected chi connectivity index (χ3v) is 4.25. The Hall–Kier alpha value is -1.71. The predicted octanol–water partition coefficient (Wildman–Crippen LogP) is 2.69. The molecule has 0 aliphatic carbocycles. The first kappa shape index (κ1) is 14.2. The summed E-state index contributed by atoms with van der Waals surface area (Å²) in [6.07, 6.45) is 3.72. The maximum Gasteiger partial charge on any atom is 0.0271 e. The van der Waals surface area contributed by atoms with E-state index in [0.717, 1.165) is 19.6 Å². The highest BCUT2D eigenvalue weighted by Crippen LogP contribution is 2.19. The van der Waals surface area contributed by atoms with Crippen molar-refractivity contribution in [1.82, 2.24) is 15.2 Å². The lowest BCUT2D eigenvalue weighted by Crippen LogP contribution is -2.34. The van der Waals surface area contributed by atoms with Crippen LogP contribution in [0.2, 0.25) is 0 Å². The Labute approximate surface area is 127 Å². The molecule has 1 N–H and O–H groups in total. The number of hydrogen-bond donors (Lipinski definition) is 1. The van der Waals surface area contributed by atoms with Gasteiger partial charge in [0, 0.05) is 44.6 Å². The lowest BCUT2D eigenvalue weighted by atomic mass is 10.1. The first-order valence-electron chi connectivity index (χ1n) is 7.70. The molecule has 3 heteroatoms. The minimum atomic E-state index is 0.571. The lowest BCUT2D eigenvalue weighted by molar-refractivity contribution is 0.316. The van der Waals surface area contributed by atoms with Crippen molar-refractivity contribution < 1.29 is 0 Å². The molecule has 0 bridgehead atoms. The summed E-state index contributed by atoms with van der Waals surface area (Å²) >= 11 is 0. The van der Waals surface area contributed by atoms with Gasteiger partial charge >= 0.3 is 0 Å². The quantitative estimate of drug-likeness (QED) is 0.913. The summed E-state index contributed by atoms with van der Waals surface area (Å²) in [4.78, 5) is 6.61. The van der Waals surface area contributed by atoms with Crippen LogP contribution in [0.3, 0.4) is 0 Å². The minimum Gasteiger partial charge on any atom is -0.308 e. The number of likely N-dealkylation sites (tertiary alicyclic amines) is 1. The molecule has 3 rings (SSSR count). The molecule has 0 radical (unpaired) electrons. The molecule has 1 aromatic carbocycles. The van der Waals surface area contributed by atoms with Gasteiger partial charge in [0.1, 0.15) is 0 Å². The number of hydrogen-bond acceptors (Lipinski definition) is 3. The monoisotopic (exact) mass is 281 g/mol. The van der Waals surface area contributed by atoms with Gasteiger partial charge in [-0.1, -0.05) is 37.3 Å². The molecule has 2 atom stereocenters. The molecule has 2 aromatic rings. The predicted molar refractivity (Wildman–Crippen MR) is 85.7 cm³/mol. The van der Waals surface area contributed by atoms with Crippen LogP contribution in [0.25, 0.3) is 0 Å². The molecule has 3 nitrogen and oxygen atoms in total. The highest BCUT2D eigenvalue weighted by molar-refractivity contribution is 5.15. The van der Waals surface area contributed by atoms with E-state index in [1.54, 1.807) is 0 Å². The Kier molecular flexibility index (Phi) is 4.63. The second kappa shape index (κ2) is 6.83. The van der Waals surface area contributed by atoms with Crippen molar-refractivity contribution in [2.24, 2.45) is 5.92 Å². The number of nitrogens with zero attached hydrogens (tertiary/aromatic N) is 2. The van der Waals surface area contributed by atoms with Crippen molar-refractivity contribution in [3.63, 3.8) is 0 Å². The van der Waals surface area contributed by atoms with E-state index in [0.29, 0.717) is 12.0 Å². The molecule has 1 saturated heterocycles. The zero-order valence-electron chi connectivity index (χ0n) is 12.6. The molecular weight excluding hydrogens is 258 g/mol. The van der Waals surface area contributed by atoms with Crippen LogP contribution in [0.4, 0.5) is 0 Å². The van der Waals surface area contributed by atoms with Crippen LogP contribution in [0.1, 0.15) is 18.1 Å². The molecular formula is C18H23N3. The van der Waals surface area contributed by atoms with Crippen LogP contribution >= 0.6 is 0 Å². The molecule has 110 valence electrons. The molecule has 1 fully saturated rings. The topological polar surface area (TPSA) is 28.2 Å². The van der Waals surface area contributed by atoms with Gasteiger partial charge in [0.05, 0.1) is 0 Å². The average molecular weight is 281 g/mol. The number of nitrogens with one attached hydrogen (secondary N) is 1. The second-order valence-corrected chi connectivity index (χ2v) is 6.00. The van der Waals surface area contributed by atoms with Gasteiger partial charge in [-0.05, 0) is 29.2 Å². The standard InChI is InChI=1S/C18H23N3/c1-15-12-21(13-17-5-3-2-4-6-17)14-18(15)20-11-16-7-9-19-10-8-16/h2-10,15,18,20H,11-14H2,1H3/t15-,18+/m0/s1. The smallest absolute Gasteiger partial charge is 0.0271 e. The average Bonchev–Trinajstić information content (AvgIpc) is 2.87. The van der Waals surface area contributed by atoms with E-state index in [1.165, 1.54) is 17.7 Å². The fourth-order valence-corrected chi connectivity index (χ4v) is 3.05. The summed E-state index contributed by atoms with van der Waals surface area (Å²) in [6.45, 7) is 6.62. The number of pyridine rings is 1. The van der Waals surface area contributed by atoms with Crippen LogP contribution < -0.4 is 5.32 Å². The molecule has 1 aromatic heterocycles. The number of benzene rings is 1. The summed E-state index contributed by atoms with van der Waals surface area (Å²) in [5.41, 5.74) is 2.71. The summed E-state index contributed by atoms with van der Waals surface area (Å²) in [5.74, 6) is 0.690. The number of rotatable bonds is 5. The first-order chi connectivity index (χ1) is 10.3. The summed E-state index contributed by atoms with van der Waals surface area (Å²) < 4.78 is 0. The molecule has 21 heavy (non-hydrogen) atoms.